The van der Waals surface area contributed by atoms with Crippen LogP contribution in [0.15, 0.2) is 0 Å². The minimum atomic E-state index is -1.14. The van der Waals surface area contributed by atoms with Gasteiger partial charge in [-0.05, 0) is 88.9 Å². The molecule has 2 N–H and O–H groups in total. The number of aliphatic hydroxyl groups is 1. The first-order valence-corrected chi connectivity index (χ1v) is 13.0. The average Bonchev–Trinajstić information content (AvgIpc) is 3.49. The zero-order valence-corrected chi connectivity index (χ0v) is 19.6. The van der Waals surface area contributed by atoms with Gasteiger partial charge in [-0.15, -0.1) is 0 Å². The molecule has 0 aromatic carbocycles. The first kappa shape index (κ1) is 22.6. The number of amides is 2. The minimum absolute atomic E-state index is 0.0643. The molecule has 6 nitrogen and oxygen atoms in total. The second-order valence-electron chi connectivity index (χ2n) is 11.5. The molecule has 0 aromatic rings. The lowest BCUT2D eigenvalue weighted by atomic mass is 9.64. The van der Waals surface area contributed by atoms with Gasteiger partial charge < -0.3 is 20.2 Å². The standard InChI is InChI=1S/C25H40FN3O3/c1-15-19-5-3-17(13-21(19)16(2)27-15)20-6-4-18(14-22(20)26)23(30)28-9-11-29(12-10-28)24(31)25(32)7-8-25/h15-22,27,32H,3-14H2,1-2H3. The third kappa shape index (κ3) is 4.08. The Kier molecular flexibility index (Phi) is 6.02. The molecule has 5 rings (SSSR count). The Morgan fingerprint density at radius 3 is 2.16 bits per heavy atom. The monoisotopic (exact) mass is 449 g/mol. The van der Waals surface area contributed by atoms with Gasteiger partial charge in [0.1, 0.15) is 11.8 Å². The van der Waals surface area contributed by atoms with Gasteiger partial charge in [-0.2, -0.15) is 0 Å². The Morgan fingerprint density at radius 2 is 1.50 bits per heavy atom. The molecule has 180 valence electrons. The molecule has 0 bridgehead atoms. The normalized spacial score (nSPS) is 43.6. The maximum atomic E-state index is 15.4. The predicted molar refractivity (Wildman–Crippen MR) is 119 cm³/mol. The Morgan fingerprint density at radius 1 is 0.875 bits per heavy atom. The van der Waals surface area contributed by atoms with E-state index in [0.29, 0.717) is 69.4 Å². The third-order valence-corrected chi connectivity index (χ3v) is 9.58. The van der Waals surface area contributed by atoms with Gasteiger partial charge in [0.05, 0.1) is 0 Å². The highest BCUT2D eigenvalue weighted by atomic mass is 19.1. The Labute approximate surface area is 191 Å². The van der Waals surface area contributed by atoms with Crippen molar-refractivity contribution in [2.24, 2.45) is 29.6 Å². The van der Waals surface area contributed by atoms with Crippen LogP contribution in [0, 0.1) is 29.6 Å². The summed E-state index contributed by atoms with van der Waals surface area (Å²) in [6.07, 6.45) is 5.65. The van der Waals surface area contributed by atoms with Crippen molar-refractivity contribution in [2.75, 3.05) is 26.2 Å². The fourth-order valence-corrected chi connectivity index (χ4v) is 7.42. The van der Waals surface area contributed by atoms with Crippen LogP contribution in [-0.4, -0.2) is 76.8 Å². The lowest BCUT2D eigenvalue weighted by Gasteiger charge is -2.43. The predicted octanol–water partition coefficient (Wildman–Crippen LogP) is 2.35. The lowest BCUT2D eigenvalue weighted by molar-refractivity contribution is -0.149. The molecular weight excluding hydrogens is 409 g/mol. The highest BCUT2D eigenvalue weighted by Crippen LogP contribution is 2.48. The maximum Gasteiger partial charge on any atom is 0.254 e. The number of nitrogens with one attached hydrogen (secondary N) is 1. The smallest absolute Gasteiger partial charge is 0.254 e. The molecule has 2 aliphatic heterocycles. The van der Waals surface area contributed by atoms with Crippen LogP contribution < -0.4 is 5.32 Å². The number of fused-ring (bicyclic) bond motifs is 1. The molecule has 8 unspecified atom stereocenters. The first-order valence-electron chi connectivity index (χ1n) is 13.0. The zero-order valence-electron chi connectivity index (χ0n) is 19.6. The summed E-state index contributed by atoms with van der Waals surface area (Å²) in [5.74, 6) is 1.63. The summed E-state index contributed by atoms with van der Waals surface area (Å²) in [7, 11) is 0. The van der Waals surface area contributed by atoms with Crippen molar-refractivity contribution in [3.8, 4) is 0 Å². The van der Waals surface area contributed by atoms with E-state index < -0.39 is 11.8 Å². The van der Waals surface area contributed by atoms with Gasteiger partial charge in [-0.1, -0.05) is 0 Å². The summed E-state index contributed by atoms with van der Waals surface area (Å²) >= 11 is 0. The van der Waals surface area contributed by atoms with Crippen molar-refractivity contribution in [3.05, 3.63) is 0 Å². The molecule has 32 heavy (non-hydrogen) atoms. The van der Waals surface area contributed by atoms with Crippen LogP contribution in [-0.2, 0) is 9.59 Å². The zero-order chi connectivity index (χ0) is 22.6. The molecule has 5 fully saturated rings. The van der Waals surface area contributed by atoms with E-state index in [1.54, 1.807) is 4.90 Å². The van der Waals surface area contributed by atoms with E-state index in [0.717, 1.165) is 31.6 Å². The average molecular weight is 450 g/mol. The van der Waals surface area contributed by atoms with Crippen LogP contribution in [0.25, 0.3) is 0 Å². The Bertz CT molecular complexity index is 736. The quantitative estimate of drug-likeness (QED) is 0.694. The second kappa shape index (κ2) is 8.53. The molecule has 8 atom stereocenters. The molecular formula is C25H40FN3O3. The second-order valence-corrected chi connectivity index (χ2v) is 11.5. The number of piperazine rings is 1. The highest BCUT2D eigenvalue weighted by molar-refractivity contribution is 5.88. The summed E-state index contributed by atoms with van der Waals surface area (Å²) in [6, 6.07) is 1.10. The summed E-state index contributed by atoms with van der Waals surface area (Å²) < 4.78 is 15.4. The van der Waals surface area contributed by atoms with Crippen LogP contribution in [0.4, 0.5) is 4.39 Å². The number of halogens is 1. The molecule has 5 aliphatic rings. The summed E-state index contributed by atoms with van der Waals surface area (Å²) in [6.45, 7) is 6.50. The number of carbonyl (C=O) groups is 2. The summed E-state index contributed by atoms with van der Waals surface area (Å²) in [5, 5.41) is 13.7. The van der Waals surface area contributed by atoms with E-state index in [1.807, 2.05) is 4.90 Å². The number of alkyl halides is 1. The minimum Gasteiger partial charge on any atom is -0.380 e. The Balaban J connectivity index is 1.11. The number of carbonyl (C=O) groups excluding carboxylic acids is 2. The van der Waals surface area contributed by atoms with Gasteiger partial charge in [0.25, 0.3) is 5.91 Å². The molecule has 3 saturated carbocycles. The number of nitrogens with zero attached hydrogens (tertiary/aromatic N) is 2. The van der Waals surface area contributed by atoms with Crippen molar-refractivity contribution >= 4 is 11.8 Å². The largest absolute Gasteiger partial charge is 0.380 e. The molecule has 3 aliphatic carbocycles. The van der Waals surface area contributed by atoms with E-state index in [-0.39, 0.29) is 23.7 Å². The number of hydrogen-bond donors (Lipinski definition) is 2. The Hall–Kier alpha value is -1.21. The first-order chi connectivity index (χ1) is 15.3. The summed E-state index contributed by atoms with van der Waals surface area (Å²) in [5.41, 5.74) is -1.14. The summed E-state index contributed by atoms with van der Waals surface area (Å²) in [4.78, 5) is 28.9. The highest BCUT2D eigenvalue weighted by Gasteiger charge is 2.51. The van der Waals surface area contributed by atoms with Crippen molar-refractivity contribution in [1.82, 2.24) is 15.1 Å². The van der Waals surface area contributed by atoms with Gasteiger partial charge in [-0.3, -0.25) is 9.59 Å². The van der Waals surface area contributed by atoms with E-state index in [9.17, 15) is 14.7 Å². The topological polar surface area (TPSA) is 72.9 Å². The van der Waals surface area contributed by atoms with Crippen molar-refractivity contribution in [1.29, 1.82) is 0 Å². The maximum absolute atomic E-state index is 15.4. The van der Waals surface area contributed by atoms with Gasteiger partial charge in [0, 0.05) is 44.2 Å². The van der Waals surface area contributed by atoms with Gasteiger partial charge in [0.2, 0.25) is 5.91 Å². The van der Waals surface area contributed by atoms with Crippen molar-refractivity contribution in [3.63, 3.8) is 0 Å². The van der Waals surface area contributed by atoms with Crippen LogP contribution in [0.1, 0.15) is 65.2 Å². The SMILES string of the molecule is CC1NC(C)C2CC(C3CCC(C(=O)N4CCN(C(=O)C5(O)CC5)CC4)CC3F)CCC12. The van der Waals surface area contributed by atoms with E-state index in [4.69, 9.17) is 0 Å². The fraction of sp³-hybridized carbons (Fsp3) is 0.920. The van der Waals surface area contributed by atoms with Gasteiger partial charge in [0.15, 0.2) is 0 Å². The molecule has 2 heterocycles. The van der Waals surface area contributed by atoms with Crippen LogP contribution in [0.3, 0.4) is 0 Å². The van der Waals surface area contributed by atoms with Gasteiger partial charge >= 0.3 is 0 Å². The molecule has 2 saturated heterocycles. The van der Waals surface area contributed by atoms with Crippen LogP contribution in [0.5, 0.6) is 0 Å². The number of hydrogen-bond acceptors (Lipinski definition) is 4. The van der Waals surface area contributed by atoms with Crippen molar-refractivity contribution in [2.45, 2.75) is 89.1 Å². The third-order valence-electron chi connectivity index (χ3n) is 9.58. The molecule has 2 amide bonds. The van der Waals surface area contributed by atoms with Crippen LogP contribution in [0.2, 0.25) is 0 Å². The molecule has 0 radical (unpaired) electrons. The van der Waals surface area contributed by atoms with Crippen LogP contribution >= 0.6 is 0 Å². The molecule has 0 aromatic heterocycles. The van der Waals surface area contributed by atoms with E-state index >= 15 is 4.39 Å². The van der Waals surface area contributed by atoms with Crippen molar-refractivity contribution < 1.29 is 19.1 Å². The van der Waals surface area contributed by atoms with Gasteiger partial charge in [-0.25, -0.2) is 4.39 Å². The molecule has 7 heteroatoms. The lowest BCUT2D eigenvalue weighted by Crippen LogP contribution is -2.55. The van der Waals surface area contributed by atoms with E-state index in [1.165, 1.54) is 6.42 Å². The van der Waals surface area contributed by atoms with E-state index in [2.05, 4.69) is 19.2 Å². The number of rotatable bonds is 3. The fourth-order valence-electron chi connectivity index (χ4n) is 7.42. The molecule has 0 spiro atoms.